The van der Waals surface area contributed by atoms with Gasteiger partial charge in [-0.1, -0.05) is 25.1 Å². The third kappa shape index (κ3) is 3.02. The van der Waals surface area contributed by atoms with Crippen LogP contribution in [-0.2, 0) is 0 Å². The zero-order chi connectivity index (χ0) is 14.5. The lowest BCUT2D eigenvalue weighted by molar-refractivity contribution is 0.0938. The largest absolute Gasteiger partial charge is 0.496 e. The number of hydrogen-bond donors (Lipinski definition) is 1. The zero-order valence-corrected chi connectivity index (χ0v) is 12.8. The van der Waals surface area contributed by atoms with Crippen LogP contribution in [0.2, 0.25) is 0 Å². The van der Waals surface area contributed by atoms with Crippen molar-refractivity contribution in [2.24, 2.45) is 0 Å². The van der Waals surface area contributed by atoms with Crippen molar-refractivity contribution >= 4 is 17.2 Å². The van der Waals surface area contributed by atoms with Crippen molar-refractivity contribution in [2.75, 3.05) is 7.11 Å². The van der Waals surface area contributed by atoms with E-state index >= 15 is 0 Å². The first-order valence-corrected chi connectivity index (χ1v) is 7.53. The second kappa shape index (κ2) is 6.57. The van der Waals surface area contributed by atoms with E-state index in [2.05, 4.69) is 12.2 Å². The van der Waals surface area contributed by atoms with Gasteiger partial charge in [-0.05, 0) is 36.4 Å². The molecule has 3 nitrogen and oxygen atoms in total. The van der Waals surface area contributed by atoms with E-state index in [0.717, 1.165) is 28.2 Å². The Morgan fingerprint density at radius 2 is 2.10 bits per heavy atom. The Bertz CT molecular complexity index is 592. The van der Waals surface area contributed by atoms with Gasteiger partial charge in [0.2, 0.25) is 0 Å². The highest BCUT2D eigenvalue weighted by Crippen LogP contribution is 2.27. The SMILES string of the molecule is CCC(NC(=O)c1sccc1C)c1ccccc1OC. The molecule has 1 heterocycles. The molecule has 0 fully saturated rings. The molecule has 1 aromatic carbocycles. The summed E-state index contributed by atoms with van der Waals surface area (Å²) in [5, 5.41) is 5.03. The number of carbonyl (C=O) groups is 1. The maximum Gasteiger partial charge on any atom is 0.262 e. The molecule has 0 spiro atoms. The molecule has 0 aliphatic carbocycles. The van der Waals surface area contributed by atoms with E-state index < -0.39 is 0 Å². The summed E-state index contributed by atoms with van der Waals surface area (Å²) in [5.41, 5.74) is 2.03. The number of ether oxygens (including phenoxy) is 1. The molecule has 2 rings (SSSR count). The number of thiophene rings is 1. The van der Waals surface area contributed by atoms with E-state index in [4.69, 9.17) is 4.74 Å². The fourth-order valence-electron chi connectivity index (χ4n) is 2.18. The van der Waals surface area contributed by atoms with E-state index in [9.17, 15) is 4.79 Å². The standard InChI is InChI=1S/C16H19NO2S/c1-4-13(12-7-5-6-8-14(12)19-3)17-16(18)15-11(2)9-10-20-15/h5-10,13H,4H2,1-3H3,(H,17,18). The average Bonchev–Trinajstić information content (AvgIpc) is 2.90. The normalized spacial score (nSPS) is 11.9. The van der Waals surface area contributed by atoms with Crippen LogP contribution in [0.25, 0.3) is 0 Å². The fraction of sp³-hybridized carbons (Fsp3) is 0.312. The highest BCUT2D eigenvalue weighted by atomic mass is 32.1. The second-order valence-electron chi connectivity index (χ2n) is 4.61. The first-order valence-electron chi connectivity index (χ1n) is 6.65. The van der Waals surface area contributed by atoms with Crippen LogP contribution in [0.5, 0.6) is 5.75 Å². The van der Waals surface area contributed by atoms with Gasteiger partial charge in [-0.25, -0.2) is 0 Å². The fourth-order valence-corrected chi connectivity index (χ4v) is 3.01. The second-order valence-corrected chi connectivity index (χ2v) is 5.53. The Hall–Kier alpha value is -1.81. The summed E-state index contributed by atoms with van der Waals surface area (Å²) in [7, 11) is 1.65. The number of para-hydroxylation sites is 1. The molecule has 0 saturated carbocycles. The molecule has 2 aromatic rings. The predicted molar refractivity (Wildman–Crippen MR) is 82.5 cm³/mol. The Kier molecular flexibility index (Phi) is 4.79. The minimum atomic E-state index is -0.0415. The van der Waals surface area contributed by atoms with Crippen LogP contribution in [0.1, 0.15) is 40.2 Å². The number of amides is 1. The Morgan fingerprint density at radius 3 is 2.70 bits per heavy atom. The summed E-state index contributed by atoms with van der Waals surface area (Å²) in [5.74, 6) is 0.790. The maximum atomic E-state index is 12.3. The number of aryl methyl sites for hydroxylation is 1. The molecule has 0 aliphatic rings. The van der Waals surface area contributed by atoms with Gasteiger partial charge in [0, 0.05) is 5.56 Å². The molecule has 0 aliphatic heterocycles. The molecule has 1 aromatic heterocycles. The van der Waals surface area contributed by atoms with Crippen LogP contribution in [0, 0.1) is 6.92 Å². The quantitative estimate of drug-likeness (QED) is 0.905. The van der Waals surface area contributed by atoms with Gasteiger partial charge in [0.05, 0.1) is 18.0 Å². The predicted octanol–water partition coefficient (Wildman–Crippen LogP) is 3.95. The number of hydrogen-bond acceptors (Lipinski definition) is 3. The number of nitrogens with one attached hydrogen (secondary N) is 1. The summed E-state index contributed by atoms with van der Waals surface area (Å²) in [6.45, 7) is 4.01. The van der Waals surface area contributed by atoms with E-state index in [1.807, 2.05) is 42.6 Å². The number of carbonyl (C=O) groups excluding carboxylic acids is 1. The van der Waals surface area contributed by atoms with Gasteiger partial charge in [0.25, 0.3) is 5.91 Å². The molecule has 0 saturated heterocycles. The van der Waals surface area contributed by atoms with E-state index in [1.165, 1.54) is 11.3 Å². The molecule has 0 radical (unpaired) electrons. The topological polar surface area (TPSA) is 38.3 Å². The lowest BCUT2D eigenvalue weighted by atomic mass is 10.0. The third-order valence-corrected chi connectivity index (χ3v) is 4.31. The Labute approximate surface area is 123 Å². The van der Waals surface area contributed by atoms with Gasteiger partial charge in [-0.15, -0.1) is 11.3 Å². The van der Waals surface area contributed by atoms with Gasteiger partial charge in [0.15, 0.2) is 0 Å². The molecule has 1 amide bonds. The van der Waals surface area contributed by atoms with E-state index in [1.54, 1.807) is 7.11 Å². The summed E-state index contributed by atoms with van der Waals surface area (Å²) in [6, 6.07) is 9.72. The highest BCUT2D eigenvalue weighted by molar-refractivity contribution is 7.12. The van der Waals surface area contributed by atoms with Gasteiger partial charge < -0.3 is 10.1 Å². The summed E-state index contributed by atoms with van der Waals surface area (Å²) < 4.78 is 5.38. The highest BCUT2D eigenvalue weighted by Gasteiger charge is 2.18. The summed E-state index contributed by atoms with van der Waals surface area (Å²) in [6.07, 6.45) is 0.816. The van der Waals surface area contributed by atoms with Crippen LogP contribution in [-0.4, -0.2) is 13.0 Å². The van der Waals surface area contributed by atoms with Crippen molar-refractivity contribution in [1.29, 1.82) is 0 Å². The van der Waals surface area contributed by atoms with Crippen molar-refractivity contribution in [3.8, 4) is 5.75 Å². The van der Waals surface area contributed by atoms with Gasteiger partial charge in [-0.3, -0.25) is 4.79 Å². The Balaban J connectivity index is 2.21. The van der Waals surface area contributed by atoms with E-state index in [0.29, 0.717) is 0 Å². The Morgan fingerprint density at radius 1 is 1.35 bits per heavy atom. The molecule has 1 N–H and O–H groups in total. The van der Waals surface area contributed by atoms with Crippen molar-refractivity contribution in [1.82, 2.24) is 5.32 Å². The van der Waals surface area contributed by atoms with Gasteiger partial charge in [-0.2, -0.15) is 0 Å². The van der Waals surface area contributed by atoms with Crippen LogP contribution in [0.3, 0.4) is 0 Å². The van der Waals surface area contributed by atoms with Crippen molar-refractivity contribution in [3.63, 3.8) is 0 Å². The van der Waals surface area contributed by atoms with Crippen LogP contribution < -0.4 is 10.1 Å². The number of rotatable bonds is 5. The summed E-state index contributed by atoms with van der Waals surface area (Å²) in [4.78, 5) is 13.1. The summed E-state index contributed by atoms with van der Waals surface area (Å²) >= 11 is 1.47. The van der Waals surface area contributed by atoms with E-state index in [-0.39, 0.29) is 11.9 Å². The minimum absolute atomic E-state index is 0.0183. The molecular formula is C16H19NO2S. The number of benzene rings is 1. The first kappa shape index (κ1) is 14.6. The van der Waals surface area contributed by atoms with Gasteiger partial charge in [0.1, 0.15) is 5.75 Å². The molecule has 20 heavy (non-hydrogen) atoms. The monoisotopic (exact) mass is 289 g/mol. The smallest absolute Gasteiger partial charge is 0.262 e. The maximum absolute atomic E-state index is 12.3. The number of methoxy groups -OCH3 is 1. The third-order valence-electron chi connectivity index (χ3n) is 3.30. The molecular weight excluding hydrogens is 270 g/mol. The molecule has 0 bridgehead atoms. The van der Waals surface area contributed by atoms with Gasteiger partial charge >= 0.3 is 0 Å². The average molecular weight is 289 g/mol. The lowest BCUT2D eigenvalue weighted by Crippen LogP contribution is -2.28. The minimum Gasteiger partial charge on any atom is -0.496 e. The molecule has 106 valence electrons. The zero-order valence-electron chi connectivity index (χ0n) is 12.0. The molecule has 4 heteroatoms. The molecule has 1 unspecified atom stereocenters. The molecule has 1 atom stereocenters. The lowest BCUT2D eigenvalue weighted by Gasteiger charge is -2.19. The van der Waals surface area contributed by atoms with Crippen LogP contribution >= 0.6 is 11.3 Å². The van der Waals surface area contributed by atoms with Crippen LogP contribution in [0.15, 0.2) is 35.7 Å². The van der Waals surface area contributed by atoms with Crippen LogP contribution in [0.4, 0.5) is 0 Å². The van der Waals surface area contributed by atoms with Crippen molar-refractivity contribution in [2.45, 2.75) is 26.3 Å². The first-order chi connectivity index (χ1) is 9.67. The van der Waals surface area contributed by atoms with Crippen molar-refractivity contribution in [3.05, 3.63) is 51.7 Å². The van der Waals surface area contributed by atoms with Crippen molar-refractivity contribution < 1.29 is 9.53 Å².